The zero-order chi connectivity index (χ0) is 24.7. The van der Waals surface area contributed by atoms with Gasteiger partial charge in [-0.1, -0.05) is 29.7 Å². The van der Waals surface area contributed by atoms with Crippen LogP contribution >= 0.6 is 23.1 Å². The van der Waals surface area contributed by atoms with Gasteiger partial charge in [0.05, 0.1) is 23.1 Å². The van der Waals surface area contributed by atoms with E-state index in [9.17, 15) is 14.4 Å². The van der Waals surface area contributed by atoms with E-state index in [-0.39, 0.29) is 36.6 Å². The van der Waals surface area contributed by atoms with Crippen LogP contribution in [0.5, 0.6) is 5.75 Å². The molecule has 0 fully saturated rings. The van der Waals surface area contributed by atoms with Gasteiger partial charge >= 0.3 is 0 Å². The predicted molar refractivity (Wildman–Crippen MR) is 131 cm³/mol. The van der Waals surface area contributed by atoms with Gasteiger partial charge in [-0.25, -0.2) is 9.97 Å². The maximum Gasteiger partial charge on any atom is 0.293 e. The number of rotatable bonds is 10. The number of ether oxygens (including phenoxy) is 1. The first kappa shape index (κ1) is 25.0. The summed E-state index contributed by atoms with van der Waals surface area (Å²) in [4.78, 5) is 45.4. The number of amides is 3. The number of methoxy groups -OCH3 is 1. The lowest BCUT2D eigenvalue weighted by Crippen LogP contribution is -2.34. The molecule has 2 aromatic heterocycles. The average molecular weight is 501 g/mol. The van der Waals surface area contributed by atoms with E-state index in [1.54, 1.807) is 42.3 Å². The summed E-state index contributed by atoms with van der Waals surface area (Å²) in [7, 11) is 3.24. The Morgan fingerprint density at radius 2 is 1.97 bits per heavy atom. The number of nitrogens with zero attached hydrogens (tertiary/aromatic N) is 3. The molecular weight excluding hydrogens is 476 g/mol. The lowest BCUT2D eigenvalue weighted by molar-refractivity contribution is -0.116. The highest BCUT2D eigenvalue weighted by atomic mass is 32.2. The number of imidazole rings is 1. The number of aromatic nitrogens is 3. The number of nitrogens with one attached hydrogen (secondary N) is 3. The van der Waals surface area contributed by atoms with E-state index < -0.39 is 0 Å². The molecule has 3 amide bonds. The summed E-state index contributed by atoms with van der Waals surface area (Å²) in [5.74, 6) is -0.237. The molecule has 3 rings (SSSR count). The largest absolute Gasteiger partial charge is 0.496 e. The summed E-state index contributed by atoms with van der Waals surface area (Å²) in [5.41, 5.74) is 1.29. The molecule has 0 spiro atoms. The molecule has 0 bridgehead atoms. The van der Waals surface area contributed by atoms with Gasteiger partial charge in [0.25, 0.3) is 11.8 Å². The van der Waals surface area contributed by atoms with Crippen LogP contribution < -0.4 is 20.7 Å². The lowest BCUT2D eigenvalue weighted by atomic mass is 10.1. The van der Waals surface area contributed by atoms with E-state index >= 15 is 0 Å². The summed E-state index contributed by atoms with van der Waals surface area (Å²) in [6.07, 6.45) is 6.07. The van der Waals surface area contributed by atoms with Crippen LogP contribution in [0, 0.1) is 6.92 Å². The number of hydrogen-bond acceptors (Lipinski definition) is 8. The van der Waals surface area contributed by atoms with Crippen LogP contribution in [-0.2, 0) is 11.8 Å². The van der Waals surface area contributed by atoms with Crippen LogP contribution in [0.4, 0.5) is 5.13 Å². The van der Waals surface area contributed by atoms with Crippen LogP contribution in [0.3, 0.4) is 0 Å². The minimum atomic E-state index is -0.345. The van der Waals surface area contributed by atoms with Crippen molar-refractivity contribution in [1.82, 2.24) is 25.2 Å². The first-order valence-electron chi connectivity index (χ1n) is 10.1. The van der Waals surface area contributed by atoms with E-state index in [4.69, 9.17) is 4.74 Å². The van der Waals surface area contributed by atoms with E-state index in [1.807, 2.05) is 6.92 Å². The lowest BCUT2D eigenvalue weighted by Gasteiger charge is -2.13. The van der Waals surface area contributed by atoms with Crippen molar-refractivity contribution in [2.45, 2.75) is 16.0 Å². The highest BCUT2D eigenvalue weighted by molar-refractivity contribution is 8.01. The molecule has 3 N–H and O–H groups in total. The summed E-state index contributed by atoms with van der Waals surface area (Å²) in [5, 5.41) is 8.56. The zero-order valence-corrected chi connectivity index (χ0v) is 20.5. The number of benzene rings is 1. The van der Waals surface area contributed by atoms with Gasteiger partial charge in [0, 0.05) is 37.4 Å². The molecule has 0 unspecified atom stereocenters. The zero-order valence-electron chi connectivity index (χ0n) is 18.9. The molecule has 1 aromatic carbocycles. The molecular formula is C22H24N6O4S2. The third kappa shape index (κ3) is 6.23. The van der Waals surface area contributed by atoms with Gasteiger partial charge in [-0.05, 0) is 30.7 Å². The van der Waals surface area contributed by atoms with Crippen molar-refractivity contribution in [2.24, 2.45) is 7.05 Å². The monoisotopic (exact) mass is 500 g/mol. The highest BCUT2D eigenvalue weighted by Crippen LogP contribution is 2.38. The van der Waals surface area contributed by atoms with Crippen molar-refractivity contribution in [3.05, 3.63) is 60.3 Å². The first-order valence-corrected chi connectivity index (χ1v) is 11.7. The van der Waals surface area contributed by atoms with Gasteiger partial charge < -0.3 is 19.9 Å². The fraction of sp³-hybridized carbons (Fsp3) is 0.227. The molecule has 0 radical (unpaired) electrons. The molecule has 0 aliphatic carbocycles. The molecule has 178 valence electrons. The topological polar surface area (TPSA) is 127 Å². The maximum atomic E-state index is 12.7. The van der Waals surface area contributed by atoms with Crippen molar-refractivity contribution in [3.8, 4) is 5.75 Å². The number of carbonyl (C=O) groups excluding carboxylic acids is 3. The fourth-order valence-electron chi connectivity index (χ4n) is 2.86. The molecule has 34 heavy (non-hydrogen) atoms. The fourth-order valence-corrected chi connectivity index (χ4v) is 4.79. The van der Waals surface area contributed by atoms with Crippen LogP contribution in [-0.4, -0.2) is 52.5 Å². The standard InChI is InChI=1S/C22H24N6O4S2/c1-5-17(29)23-6-7-25-20(30)14-11-16(13(2)10-15(14)32-4)33-18-12-26-22(34-18)27-21(31)19-24-8-9-28(19)3/h5,8-12H,1,6-7H2,2-4H3,(H,23,29)(H,25,30)(H,26,27,31). The molecule has 0 aliphatic heterocycles. The van der Waals surface area contributed by atoms with E-state index in [0.29, 0.717) is 16.4 Å². The molecule has 2 heterocycles. The Morgan fingerprint density at radius 3 is 2.65 bits per heavy atom. The maximum absolute atomic E-state index is 12.7. The normalized spacial score (nSPS) is 10.4. The van der Waals surface area contributed by atoms with E-state index in [1.165, 1.54) is 36.3 Å². The summed E-state index contributed by atoms with van der Waals surface area (Å²) in [6, 6.07) is 3.55. The van der Waals surface area contributed by atoms with Gasteiger partial charge in [-0.2, -0.15) is 0 Å². The van der Waals surface area contributed by atoms with Gasteiger partial charge in [0.2, 0.25) is 5.91 Å². The van der Waals surface area contributed by atoms with E-state index in [0.717, 1.165) is 14.7 Å². The summed E-state index contributed by atoms with van der Waals surface area (Å²) >= 11 is 2.75. The van der Waals surface area contributed by atoms with Crippen LogP contribution in [0.1, 0.15) is 26.5 Å². The number of aryl methyl sites for hydroxylation is 2. The number of hydrogen-bond donors (Lipinski definition) is 3. The minimum absolute atomic E-state index is 0.256. The average Bonchev–Trinajstić information content (AvgIpc) is 3.45. The Balaban J connectivity index is 1.69. The number of thiazole rings is 1. The molecule has 10 nitrogen and oxygen atoms in total. The smallest absolute Gasteiger partial charge is 0.293 e. The number of carbonyl (C=O) groups is 3. The predicted octanol–water partition coefficient (Wildman–Crippen LogP) is 2.63. The van der Waals surface area contributed by atoms with Gasteiger partial charge in [0.15, 0.2) is 11.0 Å². The van der Waals surface area contributed by atoms with Crippen LogP contribution in [0.25, 0.3) is 0 Å². The van der Waals surface area contributed by atoms with Crippen molar-refractivity contribution in [2.75, 3.05) is 25.5 Å². The van der Waals surface area contributed by atoms with Crippen LogP contribution in [0.15, 0.2) is 52.5 Å². The molecule has 3 aromatic rings. The molecule has 0 aliphatic rings. The third-order valence-electron chi connectivity index (χ3n) is 4.58. The Bertz CT molecular complexity index is 1220. The van der Waals surface area contributed by atoms with E-state index in [2.05, 4.69) is 32.5 Å². The Labute approximate surface area is 204 Å². The molecule has 0 saturated carbocycles. The van der Waals surface area contributed by atoms with Crippen molar-refractivity contribution < 1.29 is 19.1 Å². The van der Waals surface area contributed by atoms with Gasteiger partial charge in [-0.15, -0.1) is 0 Å². The molecule has 12 heteroatoms. The molecule has 0 atom stereocenters. The minimum Gasteiger partial charge on any atom is -0.496 e. The van der Waals surface area contributed by atoms with Gasteiger partial charge in [0.1, 0.15) is 5.75 Å². The molecule has 0 saturated heterocycles. The summed E-state index contributed by atoms with van der Waals surface area (Å²) < 4.78 is 7.85. The SMILES string of the molecule is C=CC(=O)NCCNC(=O)c1cc(Sc2cnc(NC(=O)c3nccn3C)s2)c(C)cc1OC. The Kier molecular flexibility index (Phi) is 8.44. The Hall–Kier alpha value is -3.64. The third-order valence-corrected chi connectivity index (χ3v) is 6.75. The van der Waals surface area contributed by atoms with Gasteiger partial charge in [-0.3, -0.25) is 19.7 Å². The number of anilines is 1. The highest BCUT2D eigenvalue weighted by Gasteiger charge is 2.17. The second-order valence-electron chi connectivity index (χ2n) is 6.97. The van der Waals surface area contributed by atoms with Crippen molar-refractivity contribution in [3.63, 3.8) is 0 Å². The van der Waals surface area contributed by atoms with Crippen LogP contribution in [0.2, 0.25) is 0 Å². The second kappa shape index (κ2) is 11.5. The Morgan fingerprint density at radius 1 is 1.21 bits per heavy atom. The second-order valence-corrected chi connectivity index (χ2v) is 9.34. The first-order chi connectivity index (χ1) is 16.3. The van der Waals surface area contributed by atoms with Crippen molar-refractivity contribution >= 4 is 46.0 Å². The summed E-state index contributed by atoms with van der Waals surface area (Å²) in [6.45, 7) is 5.83. The van der Waals surface area contributed by atoms with Crippen molar-refractivity contribution in [1.29, 1.82) is 0 Å². The quantitative estimate of drug-likeness (QED) is 0.288.